The summed E-state index contributed by atoms with van der Waals surface area (Å²) in [7, 11) is 0. The molecule has 1 aromatic heterocycles. The predicted molar refractivity (Wildman–Crippen MR) is 168 cm³/mol. The predicted octanol–water partition coefficient (Wildman–Crippen LogP) is 8.28. The van der Waals surface area contributed by atoms with Gasteiger partial charge in [0.2, 0.25) is 0 Å². The van der Waals surface area contributed by atoms with E-state index in [1.54, 1.807) is 0 Å². The molecule has 1 aliphatic rings. The summed E-state index contributed by atoms with van der Waals surface area (Å²) >= 11 is 7.83. The van der Waals surface area contributed by atoms with Crippen molar-refractivity contribution in [2.24, 2.45) is 5.92 Å². The molecule has 202 valence electrons. The lowest BCUT2D eigenvalue weighted by molar-refractivity contribution is 0.387. The molecule has 1 saturated carbocycles. The zero-order chi connectivity index (χ0) is 27.4. The first kappa shape index (κ1) is 27.1. The fourth-order valence-electron chi connectivity index (χ4n) is 6.28. The van der Waals surface area contributed by atoms with Crippen LogP contribution in [0.3, 0.4) is 0 Å². The Kier molecular flexibility index (Phi) is 7.99. The van der Waals surface area contributed by atoms with E-state index in [1.807, 2.05) is 23.0 Å². The molecule has 0 N–H and O–H groups in total. The van der Waals surface area contributed by atoms with Crippen LogP contribution in [0, 0.1) is 5.92 Å². The van der Waals surface area contributed by atoms with Crippen LogP contribution in [0.1, 0.15) is 59.3 Å². The first-order valence-electron chi connectivity index (χ1n) is 14.0. The van der Waals surface area contributed by atoms with E-state index in [2.05, 4.69) is 129 Å². The zero-order valence-corrected chi connectivity index (χ0v) is 25.5. The number of aryl methyl sites for hydroxylation is 1. The fraction of sp³-hybridized carbons (Fsp3) is 0.265. The molecule has 1 heterocycles. The van der Waals surface area contributed by atoms with Crippen molar-refractivity contribution in [3.63, 3.8) is 0 Å². The molecule has 40 heavy (non-hydrogen) atoms. The first-order valence-corrected chi connectivity index (χ1v) is 15.9. The fourth-order valence-corrected chi connectivity index (χ4v) is 7.62. The average Bonchev–Trinajstić information content (AvgIpc) is 3.74. The van der Waals surface area contributed by atoms with E-state index in [0.29, 0.717) is 11.7 Å². The van der Waals surface area contributed by atoms with Gasteiger partial charge in [-0.15, -0.1) is 15.0 Å². The topological polar surface area (TPSA) is 43.6 Å². The Bertz CT molecular complexity index is 1420. The highest BCUT2D eigenvalue weighted by Gasteiger charge is 2.47. The van der Waals surface area contributed by atoms with Crippen LogP contribution < -0.4 is 0 Å². The third-order valence-electron chi connectivity index (χ3n) is 8.29. The largest absolute Gasteiger partial charge is 0.196 e. The molecule has 1 fully saturated rings. The SMILES string of the molecule is BrCCc1ccc(C(Br)(c2nnn(C(c3ccccc3)(c3ccccc3)c3ccccc3)n2)C2CCCC2)cc1. The molecule has 5 aromatic rings. The molecule has 0 amide bonds. The van der Waals surface area contributed by atoms with E-state index in [1.165, 1.54) is 24.0 Å². The molecule has 4 aromatic carbocycles. The van der Waals surface area contributed by atoms with Gasteiger partial charge >= 0.3 is 0 Å². The Morgan fingerprint density at radius 1 is 0.675 bits per heavy atom. The van der Waals surface area contributed by atoms with E-state index in [0.717, 1.165) is 41.3 Å². The van der Waals surface area contributed by atoms with Crippen molar-refractivity contribution in [2.45, 2.75) is 42.0 Å². The normalized spacial score (nSPS) is 15.7. The van der Waals surface area contributed by atoms with Crippen LogP contribution in [0.4, 0.5) is 0 Å². The third kappa shape index (κ3) is 4.75. The zero-order valence-electron chi connectivity index (χ0n) is 22.3. The van der Waals surface area contributed by atoms with Crippen LogP contribution in [0.2, 0.25) is 0 Å². The van der Waals surface area contributed by atoms with Gasteiger partial charge in [0.25, 0.3) is 0 Å². The Morgan fingerprint density at radius 2 is 1.18 bits per heavy atom. The first-order chi connectivity index (χ1) is 19.7. The molecule has 0 saturated heterocycles. The van der Waals surface area contributed by atoms with Crippen molar-refractivity contribution in [1.29, 1.82) is 0 Å². The molecule has 6 heteroatoms. The molecule has 1 atom stereocenters. The van der Waals surface area contributed by atoms with Gasteiger partial charge in [0.15, 0.2) is 11.4 Å². The van der Waals surface area contributed by atoms with E-state index >= 15 is 0 Å². The summed E-state index contributed by atoms with van der Waals surface area (Å²) in [5.74, 6) is 1.09. The number of hydrogen-bond acceptors (Lipinski definition) is 3. The number of rotatable bonds is 9. The number of alkyl halides is 2. The summed E-state index contributed by atoms with van der Waals surface area (Å²) in [6.45, 7) is 0. The van der Waals surface area contributed by atoms with E-state index in [9.17, 15) is 0 Å². The van der Waals surface area contributed by atoms with Gasteiger partial charge < -0.3 is 0 Å². The van der Waals surface area contributed by atoms with Crippen molar-refractivity contribution in [1.82, 2.24) is 20.2 Å². The molecule has 0 spiro atoms. The van der Waals surface area contributed by atoms with Crippen molar-refractivity contribution >= 4 is 31.9 Å². The van der Waals surface area contributed by atoms with E-state index in [4.69, 9.17) is 15.4 Å². The minimum atomic E-state index is -0.793. The Balaban J connectivity index is 1.57. The van der Waals surface area contributed by atoms with Crippen molar-refractivity contribution in [3.05, 3.63) is 149 Å². The Morgan fingerprint density at radius 3 is 1.65 bits per heavy atom. The molecule has 1 aliphatic carbocycles. The Labute approximate surface area is 253 Å². The highest BCUT2D eigenvalue weighted by Crippen LogP contribution is 2.50. The highest BCUT2D eigenvalue weighted by atomic mass is 79.9. The third-order valence-corrected chi connectivity index (χ3v) is 10.1. The van der Waals surface area contributed by atoms with Gasteiger partial charge in [-0.05, 0) is 58.2 Å². The minimum absolute atomic E-state index is 0.381. The van der Waals surface area contributed by atoms with Crippen LogP contribution in [0.25, 0.3) is 0 Å². The maximum absolute atomic E-state index is 5.30. The number of halogens is 2. The molecule has 1 unspecified atom stereocenters. The average molecular weight is 656 g/mol. The highest BCUT2D eigenvalue weighted by molar-refractivity contribution is 9.09. The van der Waals surface area contributed by atoms with Crippen molar-refractivity contribution in [3.8, 4) is 0 Å². The Hall–Kier alpha value is -3.09. The van der Waals surface area contributed by atoms with Gasteiger partial charge in [-0.2, -0.15) is 0 Å². The van der Waals surface area contributed by atoms with Gasteiger partial charge in [-0.1, -0.05) is 160 Å². The molecular weight excluding hydrogens is 624 g/mol. The van der Waals surface area contributed by atoms with Crippen molar-refractivity contribution < 1.29 is 0 Å². The molecule has 0 aliphatic heterocycles. The lowest BCUT2D eigenvalue weighted by Gasteiger charge is -2.35. The van der Waals surface area contributed by atoms with Gasteiger partial charge in [0.1, 0.15) is 4.32 Å². The molecular formula is C34H32Br2N4. The van der Waals surface area contributed by atoms with Gasteiger partial charge in [0.05, 0.1) is 0 Å². The number of hydrogen-bond donors (Lipinski definition) is 0. The van der Waals surface area contributed by atoms with E-state index in [-0.39, 0.29) is 0 Å². The lowest BCUT2D eigenvalue weighted by atomic mass is 9.77. The second-order valence-corrected chi connectivity index (χ2v) is 12.6. The molecule has 0 bridgehead atoms. The van der Waals surface area contributed by atoms with Crippen LogP contribution in [-0.2, 0) is 16.3 Å². The summed E-state index contributed by atoms with van der Waals surface area (Å²) in [6, 6.07) is 40.5. The minimum Gasteiger partial charge on any atom is -0.144 e. The number of tetrazole rings is 1. The smallest absolute Gasteiger partial charge is 0.144 e. The van der Waals surface area contributed by atoms with Crippen LogP contribution in [0.15, 0.2) is 115 Å². The maximum Gasteiger partial charge on any atom is 0.196 e. The van der Waals surface area contributed by atoms with Crippen LogP contribution >= 0.6 is 31.9 Å². The summed E-state index contributed by atoms with van der Waals surface area (Å²) < 4.78 is -0.523. The van der Waals surface area contributed by atoms with Gasteiger partial charge in [-0.3, -0.25) is 0 Å². The van der Waals surface area contributed by atoms with Crippen LogP contribution in [-0.4, -0.2) is 25.5 Å². The van der Waals surface area contributed by atoms with Gasteiger partial charge in [0, 0.05) is 5.33 Å². The second-order valence-electron chi connectivity index (χ2n) is 10.5. The summed E-state index contributed by atoms with van der Waals surface area (Å²) in [4.78, 5) is 1.84. The van der Waals surface area contributed by atoms with E-state index < -0.39 is 9.86 Å². The quantitative estimate of drug-likeness (QED) is 0.119. The molecule has 4 nitrogen and oxygen atoms in total. The summed E-state index contributed by atoms with van der Waals surface area (Å²) in [5.41, 5.74) is 4.94. The molecule has 6 rings (SSSR count). The number of nitrogens with zero attached hydrogens (tertiary/aromatic N) is 4. The monoisotopic (exact) mass is 654 g/mol. The van der Waals surface area contributed by atoms with Gasteiger partial charge in [-0.25, -0.2) is 0 Å². The standard InChI is InChI=1S/C34H32Br2N4/c35-25-24-26-20-22-28(23-21-26)33(36,27-12-10-11-13-27)32-37-39-40(38-32)34(29-14-4-1-5-15-29,30-16-6-2-7-17-30)31-18-8-3-9-19-31/h1-9,14-23,27H,10-13,24-25H2. The number of aromatic nitrogens is 4. The number of benzene rings is 4. The summed E-state index contributed by atoms with van der Waals surface area (Å²) in [5, 5.41) is 16.0. The maximum atomic E-state index is 5.30. The lowest BCUT2D eigenvalue weighted by Crippen LogP contribution is -2.40. The molecule has 0 radical (unpaired) electrons. The van der Waals surface area contributed by atoms with Crippen LogP contribution in [0.5, 0.6) is 0 Å². The second kappa shape index (κ2) is 11.8. The van der Waals surface area contributed by atoms with Crippen molar-refractivity contribution in [2.75, 3.05) is 5.33 Å². The summed E-state index contributed by atoms with van der Waals surface area (Å²) in [6.07, 6.45) is 5.70.